The van der Waals surface area contributed by atoms with Crippen molar-refractivity contribution in [2.24, 2.45) is 5.73 Å². The van der Waals surface area contributed by atoms with Gasteiger partial charge >= 0.3 is 0 Å². The maximum Gasteiger partial charge on any atom is 0.248 e. The number of nitrogens with zero attached hydrogens (tertiary/aromatic N) is 1. The van der Waals surface area contributed by atoms with E-state index in [-0.39, 0.29) is 12.1 Å². The quantitative estimate of drug-likeness (QED) is 0.827. The SMILES string of the molecule is Cc1cc(C(N)=O)ccc1CN(C)C(C)(C)CO. The Labute approximate surface area is 108 Å². The van der Waals surface area contributed by atoms with Crippen LogP contribution in [0, 0.1) is 6.92 Å². The first-order valence-corrected chi connectivity index (χ1v) is 5.99. The van der Waals surface area contributed by atoms with Crippen LogP contribution in [0.5, 0.6) is 0 Å². The molecule has 0 atom stereocenters. The van der Waals surface area contributed by atoms with Gasteiger partial charge in [0.25, 0.3) is 0 Å². The van der Waals surface area contributed by atoms with Crippen LogP contribution in [-0.2, 0) is 6.54 Å². The number of rotatable bonds is 5. The van der Waals surface area contributed by atoms with E-state index in [0.29, 0.717) is 5.56 Å². The Kier molecular flexibility index (Phi) is 4.48. The minimum atomic E-state index is -0.409. The van der Waals surface area contributed by atoms with Crippen LogP contribution in [0.3, 0.4) is 0 Å². The van der Waals surface area contributed by atoms with Crippen LogP contribution in [0.25, 0.3) is 0 Å². The Morgan fingerprint density at radius 2 is 2.06 bits per heavy atom. The Bertz CT molecular complexity index is 441. The molecule has 0 spiro atoms. The number of benzene rings is 1. The largest absolute Gasteiger partial charge is 0.394 e. The molecule has 0 fully saturated rings. The fourth-order valence-electron chi connectivity index (χ4n) is 1.62. The van der Waals surface area contributed by atoms with Gasteiger partial charge in [0, 0.05) is 17.6 Å². The first kappa shape index (κ1) is 14.7. The molecule has 18 heavy (non-hydrogen) atoms. The lowest BCUT2D eigenvalue weighted by Crippen LogP contribution is -2.43. The highest BCUT2D eigenvalue weighted by Gasteiger charge is 2.22. The molecule has 1 aromatic rings. The molecule has 0 aliphatic heterocycles. The predicted octanol–water partition coefficient (Wildman–Crippen LogP) is 1.30. The summed E-state index contributed by atoms with van der Waals surface area (Å²) < 4.78 is 0. The second-order valence-electron chi connectivity index (χ2n) is 5.33. The Morgan fingerprint density at radius 3 is 2.50 bits per heavy atom. The maximum absolute atomic E-state index is 11.1. The topological polar surface area (TPSA) is 66.6 Å². The molecule has 0 aliphatic carbocycles. The monoisotopic (exact) mass is 250 g/mol. The summed E-state index contributed by atoms with van der Waals surface area (Å²) in [6.07, 6.45) is 0. The Morgan fingerprint density at radius 1 is 1.44 bits per heavy atom. The number of aliphatic hydroxyl groups is 1. The average Bonchev–Trinajstić information content (AvgIpc) is 2.31. The third-order valence-electron chi connectivity index (χ3n) is 3.45. The summed E-state index contributed by atoms with van der Waals surface area (Å²) in [6.45, 7) is 6.75. The van der Waals surface area contributed by atoms with Crippen LogP contribution in [0.4, 0.5) is 0 Å². The average molecular weight is 250 g/mol. The van der Waals surface area contributed by atoms with Crippen LogP contribution < -0.4 is 5.73 Å². The molecule has 1 aromatic carbocycles. The van der Waals surface area contributed by atoms with E-state index in [4.69, 9.17) is 5.73 Å². The number of carbonyl (C=O) groups is 1. The molecule has 0 aliphatic rings. The van der Waals surface area contributed by atoms with Gasteiger partial charge in [0.05, 0.1) is 6.61 Å². The zero-order chi connectivity index (χ0) is 13.9. The second-order valence-corrected chi connectivity index (χ2v) is 5.33. The van der Waals surface area contributed by atoms with Crippen LogP contribution >= 0.6 is 0 Å². The molecule has 0 saturated heterocycles. The highest BCUT2D eigenvalue weighted by atomic mass is 16.3. The van der Waals surface area contributed by atoms with Crippen molar-refractivity contribution in [3.05, 3.63) is 34.9 Å². The molecular formula is C14H22N2O2. The number of hydrogen-bond acceptors (Lipinski definition) is 3. The van der Waals surface area contributed by atoms with Gasteiger partial charge in [0.15, 0.2) is 0 Å². The molecule has 0 unspecified atom stereocenters. The van der Waals surface area contributed by atoms with Gasteiger partial charge in [-0.1, -0.05) is 6.07 Å². The molecule has 3 N–H and O–H groups in total. The molecule has 0 aromatic heterocycles. The molecule has 100 valence electrons. The van der Waals surface area contributed by atoms with Crippen LogP contribution in [0.15, 0.2) is 18.2 Å². The summed E-state index contributed by atoms with van der Waals surface area (Å²) >= 11 is 0. The third kappa shape index (κ3) is 3.31. The lowest BCUT2D eigenvalue weighted by Gasteiger charge is -2.34. The van der Waals surface area contributed by atoms with Gasteiger partial charge in [-0.3, -0.25) is 9.69 Å². The van der Waals surface area contributed by atoms with Gasteiger partial charge in [0.1, 0.15) is 0 Å². The van der Waals surface area contributed by atoms with E-state index in [9.17, 15) is 9.90 Å². The van der Waals surface area contributed by atoms with E-state index >= 15 is 0 Å². The van der Waals surface area contributed by atoms with Gasteiger partial charge in [-0.15, -0.1) is 0 Å². The smallest absolute Gasteiger partial charge is 0.248 e. The summed E-state index contributed by atoms with van der Waals surface area (Å²) in [5.41, 5.74) is 7.66. The molecule has 1 amide bonds. The molecular weight excluding hydrogens is 228 g/mol. The number of likely N-dealkylation sites (N-methyl/N-ethyl adjacent to an activating group) is 1. The summed E-state index contributed by atoms with van der Waals surface area (Å²) in [6, 6.07) is 5.46. The van der Waals surface area contributed by atoms with Crippen LogP contribution in [0.2, 0.25) is 0 Å². The van der Waals surface area contributed by atoms with Crippen molar-refractivity contribution in [2.45, 2.75) is 32.9 Å². The summed E-state index contributed by atoms with van der Waals surface area (Å²) in [5, 5.41) is 9.33. The van der Waals surface area contributed by atoms with E-state index < -0.39 is 5.91 Å². The number of primary amides is 1. The van der Waals surface area contributed by atoms with Crippen LogP contribution in [-0.4, -0.2) is 35.1 Å². The van der Waals surface area contributed by atoms with Gasteiger partial charge in [-0.2, -0.15) is 0 Å². The van der Waals surface area contributed by atoms with Crippen molar-refractivity contribution in [1.82, 2.24) is 4.90 Å². The van der Waals surface area contributed by atoms with Gasteiger partial charge in [0.2, 0.25) is 5.91 Å². The van der Waals surface area contributed by atoms with E-state index in [1.165, 1.54) is 0 Å². The first-order chi connectivity index (χ1) is 8.27. The number of amides is 1. The summed E-state index contributed by atoms with van der Waals surface area (Å²) in [7, 11) is 1.97. The van der Waals surface area contributed by atoms with Crippen molar-refractivity contribution in [3.8, 4) is 0 Å². The van der Waals surface area contributed by atoms with Gasteiger partial charge in [-0.25, -0.2) is 0 Å². The standard InChI is InChI=1S/C14H22N2O2/c1-10-7-11(13(15)18)5-6-12(10)8-16(4)14(2,3)9-17/h5-7,17H,8-9H2,1-4H3,(H2,15,18). The van der Waals surface area contributed by atoms with Gasteiger partial charge in [-0.05, 0) is 51.1 Å². The predicted molar refractivity (Wildman–Crippen MR) is 72.3 cm³/mol. The zero-order valence-electron chi connectivity index (χ0n) is 11.5. The summed E-state index contributed by atoms with van der Waals surface area (Å²) in [4.78, 5) is 13.2. The highest BCUT2D eigenvalue weighted by molar-refractivity contribution is 5.93. The van der Waals surface area contributed by atoms with E-state index in [1.54, 1.807) is 12.1 Å². The van der Waals surface area contributed by atoms with Gasteiger partial charge < -0.3 is 10.8 Å². The number of nitrogens with two attached hydrogens (primary N) is 1. The van der Waals surface area contributed by atoms with Crippen LogP contribution in [0.1, 0.15) is 35.3 Å². The van der Waals surface area contributed by atoms with Crippen molar-refractivity contribution in [2.75, 3.05) is 13.7 Å². The molecule has 0 radical (unpaired) electrons. The lowest BCUT2D eigenvalue weighted by molar-refractivity contribution is 0.0732. The Hall–Kier alpha value is -1.39. The second kappa shape index (κ2) is 5.50. The molecule has 4 heteroatoms. The van der Waals surface area contributed by atoms with Crippen molar-refractivity contribution in [3.63, 3.8) is 0 Å². The normalized spacial score (nSPS) is 11.9. The molecule has 4 nitrogen and oxygen atoms in total. The molecule has 0 saturated carbocycles. The Balaban J connectivity index is 2.89. The lowest BCUT2D eigenvalue weighted by atomic mass is 10.0. The number of aliphatic hydroxyl groups excluding tert-OH is 1. The molecule has 1 rings (SSSR count). The minimum Gasteiger partial charge on any atom is -0.394 e. The van der Waals surface area contributed by atoms with E-state index in [2.05, 4.69) is 4.90 Å². The number of carbonyl (C=O) groups excluding carboxylic acids is 1. The number of hydrogen-bond donors (Lipinski definition) is 2. The van der Waals surface area contributed by atoms with E-state index in [1.807, 2.05) is 33.9 Å². The van der Waals surface area contributed by atoms with E-state index in [0.717, 1.165) is 17.7 Å². The van der Waals surface area contributed by atoms with Crippen molar-refractivity contribution < 1.29 is 9.90 Å². The highest BCUT2D eigenvalue weighted by Crippen LogP contribution is 2.18. The minimum absolute atomic E-state index is 0.0991. The fraction of sp³-hybridized carbons (Fsp3) is 0.500. The summed E-state index contributed by atoms with van der Waals surface area (Å²) in [5.74, 6) is -0.409. The maximum atomic E-state index is 11.1. The third-order valence-corrected chi connectivity index (χ3v) is 3.45. The van der Waals surface area contributed by atoms with Crippen molar-refractivity contribution >= 4 is 5.91 Å². The van der Waals surface area contributed by atoms with Crippen molar-refractivity contribution in [1.29, 1.82) is 0 Å². The number of aryl methyl sites for hydroxylation is 1. The molecule has 0 bridgehead atoms. The fourth-order valence-corrected chi connectivity index (χ4v) is 1.62. The first-order valence-electron chi connectivity index (χ1n) is 5.99. The zero-order valence-corrected chi connectivity index (χ0v) is 11.5. The molecule has 0 heterocycles.